The van der Waals surface area contributed by atoms with Crippen LogP contribution in [0, 0.1) is 0 Å². The number of hydrogen-bond acceptors (Lipinski definition) is 5. The zero-order valence-corrected chi connectivity index (χ0v) is 11.5. The summed E-state index contributed by atoms with van der Waals surface area (Å²) in [7, 11) is -1.92. The van der Waals surface area contributed by atoms with E-state index in [2.05, 4.69) is 5.32 Å². The number of rotatable bonds is 4. The van der Waals surface area contributed by atoms with Gasteiger partial charge in [0, 0.05) is 13.5 Å². The highest BCUT2D eigenvalue weighted by atomic mass is 31.2. The summed E-state index contributed by atoms with van der Waals surface area (Å²) in [5.41, 5.74) is 0.884. The smallest absolute Gasteiger partial charge is 0.408 e. The highest BCUT2D eigenvalue weighted by molar-refractivity contribution is 7.54. The molecule has 1 aromatic rings. The third-order valence-electron chi connectivity index (χ3n) is 2.80. The maximum absolute atomic E-state index is 12.0. The molecule has 7 heteroatoms. The number of carbonyl (C=O) groups excluding carboxylic acids is 1. The molecule has 1 fully saturated rings. The summed E-state index contributed by atoms with van der Waals surface area (Å²) in [6, 6.07) is 9.31. The summed E-state index contributed by atoms with van der Waals surface area (Å²) in [4.78, 5) is 11.6. The Kier molecular flexibility index (Phi) is 4.58. The first-order chi connectivity index (χ1) is 9.14. The third kappa shape index (κ3) is 3.56. The van der Waals surface area contributed by atoms with Gasteiger partial charge in [-0.15, -0.1) is 0 Å². The molecule has 0 saturated carbocycles. The van der Waals surface area contributed by atoms with Crippen molar-refractivity contribution in [1.29, 1.82) is 0 Å². The van der Waals surface area contributed by atoms with E-state index in [1.807, 2.05) is 30.3 Å². The predicted molar refractivity (Wildman–Crippen MR) is 68.7 cm³/mol. The van der Waals surface area contributed by atoms with Crippen molar-refractivity contribution in [1.82, 2.24) is 5.32 Å². The molecule has 1 aliphatic heterocycles. The minimum absolute atomic E-state index is 0.164. The van der Waals surface area contributed by atoms with Crippen molar-refractivity contribution >= 4 is 13.7 Å². The number of carbonyl (C=O) groups is 1. The Bertz CT molecular complexity index is 478. The van der Waals surface area contributed by atoms with Crippen molar-refractivity contribution in [2.45, 2.75) is 18.8 Å². The van der Waals surface area contributed by atoms with Crippen LogP contribution in [0.2, 0.25) is 0 Å². The monoisotopic (exact) mass is 285 g/mol. The van der Waals surface area contributed by atoms with Crippen LogP contribution in [0.15, 0.2) is 30.3 Å². The van der Waals surface area contributed by atoms with Gasteiger partial charge in [0.15, 0.2) is 0 Å². The summed E-state index contributed by atoms with van der Waals surface area (Å²) in [6.45, 7) is 0.465. The lowest BCUT2D eigenvalue weighted by Crippen LogP contribution is -2.33. The maximum atomic E-state index is 12.0. The van der Waals surface area contributed by atoms with E-state index < -0.39 is 19.5 Å². The minimum atomic E-state index is -3.22. The van der Waals surface area contributed by atoms with E-state index in [1.54, 1.807) is 0 Å². The molecule has 1 aromatic carbocycles. The Labute approximate surface area is 111 Å². The van der Waals surface area contributed by atoms with E-state index in [0.717, 1.165) is 5.56 Å². The fourth-order valence-corrected chi connectivity index (χ4v) is 3.36. The number of benzene rings is 1. The van der Waals surface area contributed by atoms with Crippen LogP contribution in [0.1, 0.15) is 12.0 Å². The first kappa shape index (κ1) is 14.1. The van der Waals surface area contributed by atoms with Crippen LogP contribution in [0.3, 0.4) is 0 Å². The van der Waals surface area contributed by atoms with Gasteiger partial charge in [-0.3, -0.25) is 4.57 Å². The molecule has 0 radical (unpaired) electrons. The first-order valence-electron chi connectivity index (χ1n) is 5.91. The molecule has 0 spiro atoms. The summed E-state index contributed by atoms with van der Waals surface area (Å²) < 4.78 is 26.9. The van der Waals surface area contributed by atoms with Crippen molar-refractivity contribution in [3.05, 3.63) is 35.9 Å². The van der Waals surface area contributed by atoms with Gasteiger partial charge in [0.1, 0.15) is 12.4 Å². The van der Waals surface area contributed by atoms with Crippen LogP contribution in [-0.4, -0.2) is 25.6 Å². The average molecular weight is 285 g/mol. The van der Waals surface area contributed by atoms with Gasteiger partial charge >= 0.3 is 13.7 Å². The molecule has 19 heavy (non-hydrogen) atoms. The molecule has 1 N–H and O–H groups in total. The minimum Gasteiger partial charge on any atom is -0.445 e. The van der Waals surface area contributed by atoms with Gasteiger partial charge in [0.05, 0.1) is 6.61 Å². The molecule has 104 valence electrons. The van der Waals surface area contributed by atoms with Crippen LogP contribution in [0.25, 0.3) is 0 Å². The van der Waals surface area contributed by atoms with Crippen molar-refractivity contribution < 1.29 is 23.1 Å². The lowest BCUT2D eigenvalue weighted by Gasteiger charge is -2.17. The molecule has 2 atom stereocenters. The molecule has 2 rings (SSSR count). The van der Waals surface area contributed by atoms with E-state index in [4.69, 9.17) is 13.8 Å². The largest absolute Gasteiger partial charge is 0.445 e. The van der Waals surface area contributed by atoms with Crippen molar-refractivity contribution in [2.24, 2.45) is 0 Å². The summed E-state index contributed by atoms with van der Waals surface area (Å²) in [5, 5.41) is 2.52. The lowest BCUT2D eigenvalue weighted by molar-refractivity contribution is 0.137. The van der Waals surface area contributed by atoms with Crippen molar-refractivity contribution in [3.63, 3.8) is 0 Å². The lowest BCUT2D eigenvalue weighted by atomic mass is 10.2. The number of amides is 1. The second kappa shape index (κ2) is 6.19. The van der Waals surface area contributed by atoms with Gasteiger partial charge in [-0.05, 0) is 5.56 Å². The fourth-order valence-electron chi connectivity index (χ4n) is 1.77. The Morgan fingerprint density at radius 3 is 2.89 bits per heavy atom. The van der Waals surface area contributed by atoms with Crippen LogP contribution >= 0.6 is 7.60 Å². The quantitative estimate of drug-likeness (QED) is 0.860. The van der Waals surface area contributed by atoms with E-state index in [0.29, 0.717) is 13.0 Å². The number of alkyl carbamates (subject to hydrolysis) is 1. The predicted octanol–water partition coefficient (Wildman–Crippen LogP) is 2.50. The molecule has 0 aromatic heterocycles. The van der Waals surface area contributed by atoms with Crippen LogP contribution in [-0.2, 0) is 25.0 Å². The van der Waals surface area contributed by atoms with E-state index in [-0.39, 0.29) is 6.61 Å². The maximum Gasteiger partial charge on any atom is 0.408 e. The third-order valence-corrected chi connectivity index (χ3v) is 5.00. The normalized spacial score (nSPS) is 26.1. The van der Waals surface area contributed by atoms with Crippen LogP contribution in [0.5, 0.6) is 0 Å². The Morgan fingerprint density at radius 1 is 1.47 bits per heavy atom. The van der Waals surface area contributed by atoms with E-state index >= 15 is 0 Å². The highest BCUT2D eigenvalue weighted by Gasteiger charge is 2.41. The average Bonchev–Trinajstić information content (AvgIpc) is 2.80. The summed E-state index contributed by atoms with van der Waals surface area (Å²) >= 11 is 0. The molecule has 1 heterocycles. The van der Waals surface area contributed by atoms with Crippen molar-refractivity contribution in [2.75, 3.05) is 13.7 Å². The SMILES string of the molecule is CO[P@]1(=O)OCC[C@H]1NC(=O)OCc1ccccc1. The number of nitrogens with one attached hydrogen (secondary N) is 1. The molecule has 0 bridgehead atoms. The standard InChI is InChI=1S/C12H16NO5P/c1-16-19(15)11(7-8-18-19)13-12(14)17-9-10-5-3-2-4-6-10/h2-6,11H,7-9H2,1H3,(H,13,14)/t11-,19-/m0/s1. The van der Waals surface area contributed by atoms with Gasteiger partial charge in [-0.1, -0.05) is 30.3 Å². The fraction of sp³-hybridized carbons (Fsp3) is 0.417. The first-order valence-corrected chi connectivity index (χ1v) is 7.52. The molecular formula is C12H16NO5P. The Balaban J connectivity index is 1.83. The number of hydrogen-bond donors (Lipinski definition) is 1. The molecule has 1 aliphatic rings. The highest BCUT2D eigenvalue weighted by Crippen LogP contribution is 2.56. The van der Waals surface area contributed by atoms with Crippen LogP contribution in [0.4, 0.5) is 4.79 Å². The Morgan fingerprint density at radius 2 is 2.21 bits per heavy atom. The second-order valence-electron chi connectivity index (χ2n) is 4.07. The van der Waals surface area contributed by atoms with Gasteiger partial charge in [0.2, 0.25) is 0 Å². The van der Waals surface area contributed by atoms with Crippen LogP contribution < -0.4 is 5.32 Å². The molecule has 6 nitrogen and oxygen atoms in total. The molecule has 0 aliphatic carbocycles. The summed E-state index contributed by atoms with van der Waals surface area (Å²) in [6.07, 6.45) is -0.178. The van der Waals surface area contributed by atoms with Gasteiger partial charge in [0.25, 0.3) is 0 Å². The van der Waals surface area contributed by atoms with Gasteiger partial charge in [-0.2, -0.15) is 0 Å². The van der Waals surface area contributed by atoms with E-state index in [1.165, 1.54) is 7.11 Å². The van der Waals surface area contributed by atoms with E-state index in [9.17, 15) is 9.36 Å². The topological polar surface area (TPSA) is 73.9 Å². The zero-order valence-electron chi connectivity index (χ0n) is 10.6. The number of ether oxygens (including phenoxy) is 1. The molecular weight excluding hydrogens is 269 g/mol. The molecule has 0 unspecified atom stereocenters. The van der Waals surface area contributed by atoms with Gasteiger partial charge in [-0.25, -0.2) is 4.79 Å². The molecule has 1 amide bonds. The second-order valence-corrected chi connectivity index (χ2v) is 6.39. The molecule has 1 saturated heterocycles. The van der Waals surface area contributed by atoms with Crippen molar-refractivity contribution in [3.8, 4) is 0 Å². The zero-order chi connectivity index (χ0) is 13.7. The van der Waals surface area contributed by atoms with Gasteiger partial charge < -0.3 is 19.1 Å². The Hall–Kier alpha value is -1.36. The summed E-state index contributed by atoms with van der Waals surface area (Å²) in [5.74, 6) is -0.638.